The van der Waals surface area contributed by atoms with Gasteiger partial charge in [-0.25, -0.2) is 0 Å². The Morgan fingerprint density at radius 1 is 1.11 bits per heavy atom. The van der Waals surface area contributed by atoms with Crippen molar-refractivity contribution in [3.8, 4) is 17.2 Å². The summed E-state index contributed by atoms with van der Waals surface area (Å²) in [6.07, 6.45) is 4.19. The van der Waals surface area contributed by atoms with Crippen LogP contribution in [0, 0.1) is 5.92 Å². The van der Waals surface area contributed by atoms with Gasteiger partial charge in [0.2, 0.25) is 6.79 Å². The minimum Gasteiger partial charge on any atom is -0.496 e. The van der Waals surface area contributed by atoms with E-state index in [9.17, 15) is 4.79 Å². The molecule has 5 rings (SSSR count). The molecule has 0 bridgehead atoms. The Morgan fingerprint density at radius 3 is 2.73 bits per heavy atom. The number of hydrogen-bond donors (Lipinski definition) is 0. The van der Waals surface area contributed by atoms with Gasteiger partial charge in [-0.15, -0.1) is 0 Å². The van der Waals surface area contributed by atoms with Crippen molar-refractivity contribution >= 4 is 5.91 Å². The lowest BCUT2D eigenvalue weighted by Crippen LogP contribution is -2.44. The largest absolute Gasteiger partial charge is 0.496 e. The number of carbonyl (C=O) groups is 1. The fourth-order valence-corrected chi connectivity index (χ4v) is 5.49. The van der Waals surface area contributed by atoms with Crippen LogP contribution in [0.1, 0.15) is 54.8 Å². The van der Waals surface area contributed by atoms with Gasteiger partial charge in [-0.2, -0.15) is 0 Å². The normalized spacial score (nSPS) is 20.7. The quantitative estimate of drug-likeness (QED) is 0.365. The van der Waals surface area contributed by atoms with Crippen molar-refractivity contribution in [3.63, 3.8) is 0 Å². The van der Waals surface area contributed by atoms with Crippen LogP contribution in [-0.4, -0.2) is 44.0 Å². The molecule has 3 aromatic rings. The zero-order valence-electron chi connectivity index (χ0n) is 21.8. The smallest absolute Gasteiger partial charge is 0.289 e. The van der Waals surface area contributed by atoms with Crippen molar-refractivity contribution in [1.82, 2.24) is 4.90 Å². The fourth-order valence-electron chi connectivity index (χ4n) is 5.49. The molecule has 0 radical (unpaired) electrons. The lowest BCUT2D eigenvalue weighted by molar-refractivity contribution is -0.0488. The summed E-state index contributed by atoms with van der Waals surface area (Å²) in [6, 6.07) is 17.5. The molecule has 37 heavy (non-hydrogen) atoms. The van der Waals surface area contributed by atoms with Crippen LogP contribution in [-0.2, 0) is 16.7 Å². The molecule has 196 valence electrons. The molecule has 0 N–H and O–H groups in total. The Labute approximate surface area is 218 Å². The molecular weight excluding hydrogens is 470 g/mol. The van der Waals surface area contributed by atoms with Crippen LogP contribution in [0.15, 0.2) is 65.3 Å². The van der Waals surface area contributed by atoms with Gasteiger partial charge in [0, 0.05) is 30.7 Å². The second-order valence-electron chi connectivity index (χ2n) is 10.2. The van der Waals surface area contributed by atoms with E-state index in [4.69, 9.17) is 23.4 Å². The number of benzene rings is 2. The molecule has 1 amide bonds. The molecule has 2 atom stereocenters. The van der Waals surface area contributed by atoms with Gasteiger partial charge in [-0.3, -0.25) is 4.79 Å². The lowest BCUT2D eigenvalue weighted by Gasteiger charge is -2.44. The van der Waals surface area contributed by atoms with Gasteiger partial charge in [0.05, 0.1) is 19.5 Å². The maximum Gasteiger partial charge on any atom is 0.289 e. The van der Waals surface area contributed by atoms with Gasteiger partial charge in [-0.1, -0.05) is 38.1 Å². The van der Waals surface area contributed by atoms with E-state index in [0.29, 0.717) is 37.1 Å². The lowest BCUT2D eigenvalue weighted by atomic mass is 9.68. The van der Waals surface area contributed by atoms with Crippen LogP contribution in [0.25, 0.3) is 0 Å². The first-order valence-electron chi connectivity index (χ1n) is 13.0. The monoisotopic (exact) mass is 505 g/mol. The van der Waals surface area contributed by atoms with Crippen molar-refractivity contribution < 1.29 is 28.2 Å². The molecule has 2 unspecified atom stereocenters. The van der Waals surface area contributed by atoms with Crippen LogP contribution in [0.4, 0.5) is 0 Å². The molecular formula is C30H35NO6. The van der Waals surface area contributed by atoms with E-state index < -0.39 is 0 Å². The average molecular weight is 506 g/mol. The topological polar surface area (TPSA) is 70.4 Å². The molecule has 2 aliphatic heterocycles. The summed E-state index contributed by atoms with van der Waals surface area (Å²) in [6.45, 7) is 6.29. The third-order valence-corrected chi connectivity index (χ3v) is 7.62. The highest BCUT2D eigenvalue weighted by atomic mass is 16.7. The number of hydrogen-bond acceptors (Lipinski definition) is 6. The molecule has 0 spiro atoms. The van der Waals surface area contributed by atoms with Gasteiger partial charge in [-0.05, 0) is 61.1 Å². The van der Waals surface area contributed by atoms with Gasteiger partial charge in [0.25, 0.3) is 5.91 Å². The molecule has 0 saturated carbocycles. The molecule has 3 heterocycles. The summed E-state index contributed by atoms with van der Waals surface area (Å²) in [4.78, 5) is 15.4. The highest BCUT2D eigenvalue weighted by molar-refractivity contribution is 5.91. The molecule has 2 aliphatic rings. The Kier molecular flexibility index (Phi) is 7.42. The maximum absolute atomic E-state index is 13.6. The Bertz CT molecular complexity index is 1210. The predicted molar refractivity (Wildman–Crippen MR) is 139 cm³/mol. The first-order chi connectivity index (χ1) is 18.0. The van der Waals surface area contributed by atoms with E-state index in [2.05, 4.69) is 26.0 Å². The zero-order valence-corrected chi connectivity index (χ0v) is 21.8. The molecule has 7 nitrogen and oxygen atoms in total. The van der Waals surface area contributed by atoms with Crippen molar-refractivity contribution in [3.05, 3.63) is 77.7 Å². The summed E-state index contributed by atoms with van der Waals surface area (Å²) >= 11 is 0. The summed E-state index contributed by atoms with van der Waals surface area (Å²) in [5, 5.41) is 0. The van der Waals surface area contributed by atoms with Crippen LogP contribution >= 0.6 is 0 Å². The van der Waals surface area contributed by atoms with Crippen molar-refractivity contribution in [2.75, 3.05) is 27.1 Å². The Hall–Kier alpha value is -3.45. The van der Waals surface area contributed by atoms with Crippen LogP contribution < -0.4 is 14.2 Å². The summed E-state index contributed by atoms with van der Waals surface area (Å²) < 4.78 is 28.5. The number of carbonyl (C=O) groups excluding carboxylic acids is 1. The molecule has 0 aliphatic carbocycles. The van der Waals surface area contributed by atoms with E-state index in [-0.39, 0.29) is 24.2 Å². The number of nitrogens with zero attached hydrogens (tertiary/aromatic N) is 1. The molecule has 1 fully saturated rings. The Balaban J connectivity index is 1.45. The number of furan rings is 1. The van der Waals surface area contributed by atoms with Gasteiger partial charge < -0.3 is 28.3 Å². The minimum absolute atomic E-state index is 0.134. The maximum atomic E-state index is 13.6. The SMILES string of the molecule is COc1ccccc1C1(CCN(Cc2ccc3c(c2)OCO3)C(=O)c2ccco2)CCOC(C(C)C)C1. The highest BCUT2D eigenvalue weighted by Crippen LogP contribution is 2.45. The molecule has 7 heteroatoms. The van der Waals surface area contributed by atoms with Gasteiger partial charge in [0.1, 0.15) is 5.75 Å². The van der Waals surface area contributed by atoms with E-state index in [0.717, 1.165) is 36.3 Å². The Morgan fingerprint density at radius 2 is 1.95 bits per heavy atom. The van der Waals surface area contributed by atoms with E-state index in [1.807, 2.05) is 35.2 Å². The van der Waals surface area contributed by atoms with Crippen LogP contribution in [0.2, 0.25) is 0 Å². The average Bonchev–Trinajstić information content (AvgIpc) is 3.63. The molecule has 1 aromatic heterocycles. The first kappa shape index (κ1) is 25.2. The molecule has 2 aromatic carbocycles. The van der Waals surface area contributed by atoms with Gasteiger partial charge >= 0.3 is 0 Å². The van der Waals surface area contributed by atoms with Crippen molar-refractivity contribution in [1.29, 1.82) is 0 Å². The number of methoxy groups -OCH3 is 1. The second-order valence-corrected chi connectivity index (χ2v) is 10.2. The number of fused-ring (bicyclic) bond motifs is 1. The minimum atomic E-state index is -0.184. The van der Waals surface area contributed by atoms with Crippen molar-refractivity contribution in [2.45, 2.75) is 51.2 Å². The highest BCUT2D eigenvalue weighted by Gasteiger charge is 2.41. The first-order valence-corrected chi connectivity index (χ1v) is 13.0. The number of amides is 1. The van der Waals surface area contributed by atoms with E-state index >= 15 is 0 Å². The van der Waals surface area contributed by atoms with Gasteiger partial charge in [0.15, 0.2) is 17.3 Å². The second kappa shape index (κ2) is 10.9. The summed E-state index contributed by atoms with van der Waals surface area (Å²) in [5.41, 5.74) is 1.97. The number of para-hydroxylation sites is 1. The standard InChI is InChI=1S/C30H35NO6/c1-21(2)28-18-30(13-16-35-28,23-7-4-5-8-24(23)33-3)12-14-31(29(32)26-9-6-15-34-26)19-22-10-11-25-27(17-22)37-20-36-25/h4-11,15,17,21,28H,12-14,16,18-20H2,1-3H3. The van der Waals surface area contributed by atoms with E-state index in [1.165, 1.54) is 11.8 Å². The zero-order chi connectivity index (χ0) is 25.8. The number of rotatable bonds is 9. The van der Waals surface area contributed by atoms with Crippen LogP contribution in [0.5, 0.6) is 17.2 Å². The van der Waals surface area contributed by atoms with Crippen molar-refractivity contribution in [2.24, 2.45) is 5.92 Å². The summed E-state index contributed by atoms with van der Waals surface area (Å²) in [5.74, 6) is 2.90. The number of ether oxygens (including phenoxy) is 4. The summed E-state index contributed by atoms with van der Waals surface area (Å²) in [7, 11) is 1.72. The third-order valence-electron chi connectivity index (χ3n) is 7.62. The molecule has 1 saturated heterocycles. The predicted octanol–water partition coefficient (Wildman–Crippen LogP) is 5.82. The fraction of sp³-hybridized carbons (Fsp3) is 0.433. The van der Waals surface area contributed by atoms with Crippen LogP contribution in [0.3, 0.4) is 0 Å². The third kappa shape index (κ3) is 5.32. The van der Waals surface area contributed by atoms with E-state index in [1.54, 1.807) is 19.2 Å².